The van der Waals surface area contributed by atoms with Crippen LogP contribution in [0.4, 0.5) is 0 Å². The molecule has 0 aromatic rings. The lowest BCUT2D eigenvalue weighted by Crippen LogP contribution is -2.01. The Balaban J connectivity index is 3.37. The number of unbranched alkanes of at least 4 members (excludes halogenated alkanes) is 21. The van der Waals surface area contributed by atoms with Gasteiger partial charge in [-0.15, -0.1) is 0 Å². The zero-order chi connectivity index (χ0) is 28.7. The number of rotatable bonds is 33. The van der Waals surface area contributed by atoms with Crippen LogP contribution in [-0.4, -0.2) is 0 Å². The molecule has 0 radical (unpaired) electrons. The molecule has 0 N–H and O–H groups in total. The van der Waals surface area contributed by atoms with Crippen LogP contribution in [-0.2, 0) is 0 Å². The van der Waals surface area contributed by atoms with E-state index in [1.165, 1.54) is 199 Å². The van der Waals surface area contributed by atoms with Crippen molar-refractivity contribution < 1.29 is 0 Å². The molecule has 0 spiro atoms. The molecule has 0 heteroatoms. The van der Waals surface area contributed by atoms with Crippen LogP contribution in [0.5, 0.6) is 0 Å². The van der Waals surface area contributed by atoms with Crippen LogP contribution in [0.25, 0.3) is 0 Å². The molecule has 0 amide bonds. The molecule has 0 nitrogen and oxygen atoms in total. The van der Waals surface area contributed by atoms with Crippen LogP contribution in [0.2, 0.25) is 0 Å². The van der Waals surface area contributed by atoms with Gasteiger partial charge in [-0.3, -0.25) is 0 Å². The smallest absolute Gasteiger partial charge is 0.0443 e. The molecule has 3 unspecified atom stereocenters. The van der Waals surface area contributed by atoms with Gasteiger partial charge in [0, 0.05) is 0 Å². The second-order valence-electron chi connectivity index (χ2n) is 14.2. The Kier molecular flexibility index (Phi) is 32.5. The van der Waals surface area contributed by atoms with Crippen LogP contribution in [0.1, 0.15) is 234 Å². The molecule has 0 aliphatic rings. The quantitative estimate of drug-likeness (QED) is 0.0715. The van der Waals surface area contributed by atoms with E-state index in [2.05, 4.69) is 34.6 Å². The van der Waals surface area contributed by atoms with Gasteiger partial charge in [-0.1, -0.05) is 234 Å². The molecule has 0 fully saturated rings. The predicted octanol–water partition coefficient (Wildman–Crippen LogP) is 15.0. The standard InChI is InChI=1S/C39H80/c1-6-8-10-12-14-16-18-19-20-22-24-26-28-32-38(4)34-30-36-39(5)35-29-33-37(3)31-27-25-23-21-17-15-13-11-9-7-2/h37-39H,6-36H2,1-5H3. The van der Waals surface area contributed by atoms with E-state index in [-0.39, 0.29) is 0 Å². The van der Waals surface area contributed by atoms with Crippen molar-refractivity contribution in [3.8, 4) is 0 Å². The molecule has 0 aliphatic heterocycles. The molecular formula is C39H80. The predicted molar refractivity (Wildman–Crippen MR) is 182 cm³/mol. The summed E-state index contributed by atoms with van der Waals surface area (Å²) in [5.41, 5.74) is 0. The largest absolute Gasteiger partial charge is 0.0654 e. The first-order valence-corrected chi connectivity index (χ1v) is 19.1. The van der Waals surface area contributed by atoms with E-state index in [4.69, 9.17) is 0 Å². The summed E-state index contributed by atoms with van der Waals surface area (Å²) in [6.45, 7) is 12.2. The van der Waals surface area contributed by atoms with E-state index in [1.54, 1.807) is 0 Å². The molecule has 0 aliphatic carbocycles. The lowest BCUT2D eigenvalue weighted by Gasteiger charge is -2.16. The van der Waals surface area contributed by atoms with Crippen molar-refractivity contribution in [1.29, 1.82) is 0 Å². The zero-order valence-electron chi connectivity index (χ0n) is 28.7. The third-order valence-electron chi connectivity index (χ3n) is 9.64. The fourth-order valence-electron chi connectivity index (χ4n) is 6.55. The van der Waals surface area contributed by atoms with Crippen LogP contribution in [0.15, 0.2) is 0 Å². The summed E-state index contributed by atoms with van der Waals surface area (Å²) in [5.74, 6) is 2.84. The highest BCUT2D eigenvalue weighted by Gasteiger charge is 2.08. The number of hydrogen-bond acceptors (Lipinski definition) is 0. The van der Waals surface area contributed by atoms with Crippen LogP contribution in [0, 0.1) is 17.8 Å². The van der Waals surface area contributed by atoms with Gasteiger partial charge in [-0.05, 0) is 17.8 Å². The van der Waals surface area contributed by atoms with Crippen molar-refractivity contribution in [3.63, 3.8) is 0 Å². The van der Waals surface area contributed by atoms with Crippen molar-refractivity contribution in [2.75, 3.05) is 0 Å². The fraction of sp³-hybridized carbons (Fsp3) is 1.00. The molecule has 0 saturated carbocycles. The van der Waals surface area contributed by atoms with E-state index < -0.39 is 0 Å². The Bertz CT molecular complexity index is 426. The van der Waals surface area contributed by atoms with Gasteiger partial charge in [0.25, 0.3) is 0 Å². The summed E-state index contributed by atoms with van der Waals surface area (Å²) < 4.78 is 0. The van der Waals surface area contributed by atoms with Crippen molar-refractivity contribution >= 4 is 0 Å². The molecule has 0 bridgehead atoms. The Morgan fingerprint density at radius 1 is 0.231 bits per heavy atom. The van der Waals surface area contributed by atoms with Crippen LogP contribution < -0.4 is 0 Å². The first-order chi connectivity index (χ1) is 19.1. The van der Waals surface area contributed by atoms with Gasteiger partial charge in [-0.25, -0.2) is 0 Å². The van der Waals surface area contributed by atoms with Crippen molar-refractivity contribution in [2.45, 2.75) is 234 Å². The molecule has 39 heavy (non-hydrogen) atoms. The third kappa shape index (κ3) is 32.4. The van der Waals surface area contributed by atoms with Gasteiger partial charge >= 0.3 is 0 Å². The number of hydrogen-bond donors (Lipinski definition) is 0. The molecule has 3 atom stereocenters. The highest BCUT2D eigenvalue weighted by molar-refractivity contribution is 4.61. The summed E-state index contributed by atoms with van der Waals surface area (Å²) in [5, 5.41) is 0. The van der Waals surface area contributed by atoms with E-state index in [9.17, 15) is 0 Å². The first kappa shape index (κ1) is 39.0. The molecular weight excluding hydrogens is 468 g/mol. The highest BCUT2D eigenvalue weighted by Crippen LogP contribution is 2.23. The summed E-state index contributed by atoms with van der Waals surface area (Å²) in [6, 6.07) is 0. The SMILES string of the molecule is CCCCCCCCCCCCCCCC(C)CCCC(C)CCCC(C)CCCCCCCCCCCC. The van der Waals surface area contributed by atoms with Gasteiger partial charge in [0.1, 0.15) is 0 Å². The minimum absolute atomic E-state index is 0.943. The second-order valence-corrected chi connectivity index (χ2v) is 14.2. The van der Waals surface area contributed by atoms with Crippen LogP contribution in [0.3, 0.4) is 0 Å². The van der Waals surface area contributed by atoms with E-state index in [0.717, 1.165) is 17.8 Å². The normalized spacial score (nSPS) is 14.1. The summed E-state index contributed by atoms with van der Waals surface area (Å²) in [4.78, 5) is 0. The molecule has 0 aromatic carbocycles. The molecule has 236 valence electrons. The average Bonchev–Trinajstić information content (AvgIpc) is 2.92. The zero-order valence-corrected chi connectivity index (χ0v) is 28.7. The maximum Gasteiger partial charge on any atom is -0.0443 e. The van der Waals surface area contributed by atoms with Crippen LogP contribution >= 0.6 is 0 Å². The van der Waals surface area contributed by atoms with Crippen molar-refractivity contribution in [1.82, 2.24) is 0 Å². The Labute approximate surface area is 251 Å². The van der Waals surface area contributed by atoms with Gasteiger partial charge in [0.15, 0.2) is 0 Å². The Hall–Kier alpha value is 0. The topological polar surface area (TPSA) is 0 Å². The Morgan fingerprint density at radius 3 is 0.641 bits per heavy atom. The average molecular weight is 549 g/mol. The van der Waals surface area contributed by atoms with E-state index in [1.807, 2.05) is 0 Å². The minimum Gasteiger partial charge on any atom is -0.0654 e. The van der Waals surface area contributed by atoms with Crippen molar-refractivity contribution in [2.24, 2.45) is 17.8 Å². The maximum absolute atomic E-state index is 2.52. The first-order valence-electron chi connectivity index (χ1n) is 19.1. The highest BCUT2D eigenvalue weighted by atomic mass is 14.1. The molecule has 0 heterocycles. The van der Waals surface area contributed by atoms with Gasteiger partial charge in [0.05, 0.1) is 0 Å². The fourth-order valence-corrected chi connectivity index (χ4v) is 6.55. The maximum atomic E-state index is 2.52. The molecule has 0 saturated heterocycles. The Morgan fingerprint density at radius 2 is 0.410 bits per heavy atom. The lowest BCUT2D eigenvalue weighted by molar-refractivity contribution is 0.373. The van der Waals surface area contributed by atoms with Gasteiger partial charge in [0.2, 0.25) is 0 Å². The van der Waals surface area contributed by atoms with Crippen molar-refractivity contribution in [3.05, 3.63) is 0 Å². The van der Waals surface area contributed by atoms with Gasteiger partial charge in [-0.2, -0.15) is 0 Å². The minimum atomic E-state index is 0.943. The molecule has 0 rings (SSSR count). The summed E-state index contributed by atoms with van der Waals surface area (Å²) in [7, 11) is 0. The summed E-state index contributed by atoms with van der Waals surface area (Å²) >= 11 is 0. The van der Waals surface area contributed by atoms with Gasteiger partial charge < -0.3 is 0 Å². The second kappa shape index (κ2) is 32.5. The lowest BCUT2D eigenvalue weighted by atomic mass is 9.90. The third-order valence-corrected chi connectivity index (χ3v) is 9.64. The summed E-state index contributed by atoms with van der Waals surface area (Å²) in [6.07, 6.45) is 45.5. The van der Waals surface area contributed by atoms with E-state index >= 15 is 0 Å². The monoisotopic (exact) mass is 549 g/mol. The van der Waals surface area contributed by atoms with E-state index in [0.29, 0.717) is 0 Å². The molecule has 0 aromatic heterocycles.